The molecule has 2 amide bonds. The molecule has 0 aliphatic carbocycles. The second-order valence-electron chi connectivity index (χ2n) is 5.06. The van der Waals surface area contributed by atoms with Crippen molar-refractivity contribution in [3.05, 3.63) is 11.5 Å². The number of methoxy groups -OCH3 is 1. The molecule has 0 aromatic carbocycles. The Morgan fingerprint density at radius 3 is 2.60 bits per heavy atom. The molecule has 3 aliphatic rings. The van der Waals surface area contributed by atoms with E-state index in [4.69, 9.17) is 4.74 Å². The van der Waals surface area contributed by atoms with Crippen molar-refractivity contribution in [2.75, 3.05) is 13.7 Å². The van der Waals surface area contributed by atoms with Crippen molar-refractivity contribution >= 4 is 17.8 Å². The molecule has 3 aliphatic heterocycles. The molecule has 20 heavy (non-hydrogen) atoms. The summed E-state index contributed by atoms with van der Waals surface area (Å²) in [6.45, 7) is 1.91. The first-order chi connectivity index (χ1) is 8.97. The van der Waals surface area contributed by atoms with Gasteiger partial charge in [0.25, 0.3) is 5.91 Å². The number of aliphatic carboxylic acids is 1. The van der Waals surface area contributed by atoms with Crippen molar-refractivity contribution < 1.29 is 55.2 Å². The van der Waals surface area contributed by atoms with Gasteiger partial charge in [-0.1, -0.05) is 0 Å². The van der Waals surface area contributed by atoms with Crippen LogP contribution in [0.1, 0.15) is 14.8 Å². The number of carboxylic acids is 1. The normalized spacial score (nSPS) is 30.5. The Kier molecular flexibility index (Phi) is 3.88. The Labute approximate surface area is 139 Å². The molecule has 3 heterocycles. The van der Waals surface area contributed by atoms with Gasteiger partial charge in [-0.2, -0.15) is 0 Å². The van der Waals surface area contributed by atoms with E-state index in [2.05, 4.69) is 0 Å². The quantitative estimate of drug-likeness (QED) is 0.421. The number of carbonyl (C=O) groups excluding carboxylic acids is 2. The monoisotopic (exact) mass is 290 g/mol. The standard InChI is InChI=1S/C12H14N2O5.Na.H/c1-5(15)13-4-6-3-7(19-2)9(12(17)18)14-8(6)10(13)11(14)16;;/h6,8,10H,3-4H2,1-2H3,(H,17,18);;/q;+1;-1/t6-,8-,10+;;/m1../s1. The Bertz CT molecular complexity index is 538. The minimum absolute atomic E-state index is 0. The second-order valence-corrected chi connectivity index (χ2v) is 5.06. The van der Waals surface area contributed by atoms with Gasteiger partial charge in [-0.15, -0.1) is 0 Å². The SMILES string of the molecule is COC1=C(C(=O)O)N2C(=O)[C@@H]3[C@H]2[C@H](C1)CN3C(C)=O.[H-].[Na+]. The number of ether oxygens (including phenoxy) is 1. The van der Waals surface area contributed by atoms with Crippen LogP contribution in [-0.2, 0) is 19.1 Å². The zero-order valence-electron chi connectivity index (χ0n) is 12.6. The van der Waals surface area contributed by atoms with E-state index < -0.39 is 12.0 Å². The number of allylic oxidation sites excluding steroid dienone is 1. The van der Waals surface area contributed by atoms with Crippen molar-refractivity contribution in [2.45, 2.75) is 25.4 Å². The minimum Gasteiger partial charge on any atom is -1.00 e. The molecule has 0 bridgehead atoms. The van der Waals surface area contributed by atoms with Crippen LogP contribution in [-0.4, -0.2) is 58.4 Å². The van der Waals surface area contributed by atoms with Crippen LogP contribution in [0.25, 0.3) is 0 Å². The Morgan fingerprint density at radius 1 is 1.45 bits per heavy atom. The van der Waals surface area contributed by atoms with Gasteiger partial charge in [-0.3, -0.25) is 14.5 Å². The smallest absolute Gasteiger partial charge is 1.00 e. The molecular formula is C12H15N2NaO5. The van der Waals surface area contributed by atoms with Crippen LogP contribution < -0.4 is 29.6 Å². The molecule has 0 spiro atoms. The number of carbonyl (C=O) groups is 3. The zero-order valence-corrected chi connectivity index (χ0v) is 13.6. The van der Waals surface area contributed by atoms with Gasteiger partial charge in [-0.05, 0) is 0 Å². The number of hydrogen-bond acceptors (Lipinski definition) is 4. The predicted octanol–water partition coefficient (Wildman–Crippen LogP) is -3.49. The number of amides is 2. The number of rotatable bonds is 2. The first-order valence-corrected chi connectivity index (χ1v) is 6.08. The van der Waals surface area contributed by atoms with Crippen LogP contribution in [0.4, 0.5) is 0 Å². The Balaban J connectivity index is 0.00000110. The van der Waals surface area contributed by atoms with E-state index in [-0.39, 0.29) is 60.5 Å². The van der Waals surface area contributed by atoms with E-state index >= 15 is 0 Å². The molecule has 7 nitrogen and oxygen atoms in total. The van der Waals surface area contributed by atoms with Crippen LogP contribution >= 0.6 is 0 Å². The summed E-state index contributed by atoms with van der Waals surface area (Å²) in [6, 6.07) is -0.698. The molecule has 104 valence electrons. The van der Waals surface area contributed by atoms with E-state index in [0.29, 0.717) is 18.7 Å². The van der Waals surface area contributed by atoms with E-state index in [1.165, 1.54) is 23.8 Å². The van der Waals surface area contributed by atoms with Gasteiger partial charge in [0.15, 0.2) is 5.70 Å². The Morgan fingerprint density at radius 2 is 2.10 bits per heavy atom. The van der Waals surface area contributed by atoms with Crippen molar-refractivity contribution in [3.8, 4) is 0 Å². The molecule has 0 saturated carbocycles. The maximum Gasteiger partial charge on any atom is 1.00 e. The summed E-state index contributed by atoms with van der Waals surface area (Å²) in [5.41, 5.74) is -0.0737. The van der Waals surface area contributed by atoms with E-state index in [0.717, 1.165) is 0 Å². The van der Waals surface area contributed by atoms with Crippen molar-refractivity contribution in [1.82, 2.24) is 9.80 Å². The summed E-state index contributed by atoms with van der Waals surface area (Å²) < 4.78 is 5.11. The summed E-state index contributed by atoms with van der Waals surface area (Å²) in [7, 11) is 1.40. The maximum atomic E-state index is 12.1. The van der Waals surface area contributed by atoms with Gasteiger partial charge in [0, 0.05) is 25.8 Å². The topological polar surface area (TPSA) is 87.2 Å². The van der Waals surface area contributed by atoms with Crippen LogP contribution in [0.15, 0.2) is 11.5 Å². The molecule has 0 aromatic heterocycles. The summed E-state index contributed by atoms with van der Waals surface area (Å²) in [4.78, 5) is 37.8. The van der Waals surface area contributed by atoms with Crippen LogP contribution in [0.2, 0.25) is 0 Å². The van der Waals surface area contributed by atoms with Crippen LogP contribution in [0, 0.1) is 5.92 Å². The number of β-lactam (4-membered cyclic amide) rings is 1. The fraction of sp³-hybridized carbons (Fsp3) is 0.583. The van der Waals surface area contributed by atoms with Crippen LogP contribution in [0.5, 0.6) is 0 Å². The van der Waals surface area contributed by atoms with Gasteiger partial charge in [0.05, 0.1) is 13.2 Å². The third-order valence-corrected chi connectivity index (χ3v) is 4.17. The fourth-order valence-electron chi connectivity index (χ4n) is 3.40. The molecule has 2 fully saturated rings. The molecular weight excluding hydrogens is 275 g/mol. The summed E-state index contributed by atoms with van der Waals surface area (Å²) in [5, 5.41) is 9.24. The van der Waals surface area contributed by atoms with Gasteiger partial charge in [0.2, 0.25) is 5.91 Å². The van der Waals surface area contributed by atoms with Crippen LogP contribution in [0.3, 0.4) is 0 Å². The maximum absolute atomic E-state index is 12.1. The van der Waals surface area contributed by atoms with Crippen molar-refractivity contribution in [3.63, 3.8) is 0 Å². The van der Waals surface area contributed by atoms with Gasteiger partial charge < -0.3 is 16.2 Å². The first kappa shape index (κ1) is 15.3. The molecule has 0 radical (unpaired) electrons. The Hall–Kier alpha value is -1.05. The third kappa shape index (κ3) is 1.80. The number of nitrogens with zero attached hydrogens (tertiary/aromatic N) is 2. The first-order valence-electron chi connectivity index (χ1n) is 6.08. The third-order valence-electron chi connectivity index (χ3n) is 4.17. The fourth-order valence-corrected chi connectivity index (χ4v) is 3.40. The average molecular weight is 290 g/mol. The molecule has 0 unspecified atom stereocenters. The average Bonchev–Trinajstić information content (AvgIpc) is 2.72. The minimum atomic E-state index is -1.16. The summed E-state index contributed by atoms with van der Waals surface area (Å²) in [6.07, 6.45) is 0.451. The van der Waals surface area contributed by atoms with Gasteiger partial charge in [0.1, 0.15) is 11.8 Å². The van der Waals surface area contributed by atoms with E-state index in [9.17, 15) is 19.5 Å². The molecule has 8 heteroatoms. The number of likely N-dealkylation sites (tertiary alicyclic amines) is 1. The summed E-state index contributed by atoms with van der Waals surface area (Å²) >= 11 is 0. The van der Waals surface area contributed by atoms with Crippen molar-refractivity contribution in [2.24, 2.45) is 5.92 Å². The molecule has 2 saturated heterocycles. The molecule has 0 aromatic rings. The van der Waals surface area contributed by atoms with E-state index in [1.807, 2.05) is 0 Å². The van der Waals surface area contributed by atoms with Crippen molar-refractivity contribution in [1.29, 1.82) is 0 Å². The van der Waals surface area contributed by atoms with Gasteiger partial charge >= 0.3 is 35.5 Å². The molecule has 3 rings (SSSR count). The number of hydrogen-bond donors (Lipinski definition) is 1. The van der Waals surface area contributed by atoms with Gasteiger partial charge in [-0.25, -0.2) is 4.79 Å². The largest absolute Gasteiger partial charge is 1.00 e. The summed E-state index contributed by atoms with van der Waals surface area (Å²) in [5.74, 6) is -1.27. The molecule has 3 atom stereocenters. The number of carboxylic acid groups (broad SMARTS) is 1. The second kappa shape index (κ2) is 5.05. The molecule has 1 N–H and O–H groups in total. The predicted molar refractivity (Wildman–Crippen MR) is 62.7 cm³/mol. The zero-order chi connectivity index (χ0) is 13.9. The van der Waals surface area contributed by atoms with E-state index in [1.54, 1.807) is 0 Å².